The van der Waals surface area contributed by atoms with Gasteiger partial charge in [-0.3, -0.25) is 19.2 Å². The number of hydrogen-bond donors (Lipinski definition) is 4. The fourth-order valence-electron chi connectivity index (χ4n) is 1.96. The molecular weight excluding hydrogens is 424 g/mol. The topological polar surface area (TPSA) is 147 Å². The summed E-state index contributed by atoms with van der Waals surface area (Å²) in [6.07, 6.45) is 1.30. The van der Waals surface area contributed by atoms with Crippen LogP contribution in [0.4, 0.5) is 0 Å². The van der Waals surface area contributed by atoms with Crippen molar-refractivity contribution in [3.8, 4) is 0 Å². The molecule has 0 atom stereocenters. The Morgan fingerprint density at radius 2 is 1.23 bits per heavy atom. The highest BCUT2D eigenvalue weighted by Gasteiger charge is 2.03. The van der Waals surface area contributed by atoms with E-state index in [1.807, 2.05) is 12.1 Å². The van der Waals surface area contributed by atoms with Gasteiger partial charge >= 0.3 is 11.9 Å². The summed E-state index contributed by atoms with van der Waals surface area (Å²) in [5.74, 6) is -1.78. The van der Waals surface area contributed by atoms with Crippen LogP contribution in [0.15, 0.2) is 60.7 Å². The number of halogens is 1. The highest BCUT2D eigenvalue weighted by atomic mass is 35.5. The molecule has 0 aliphatic rings. The maximum atomic E-state index is 11.4. The number of amides is 1. The van der Waals surface area contributed by atoms with Crippen LogP contribution < -0.4 is 11.1 Å². The molecule has 31 heavy (non-hydrogen) atoms. The van der Waals surface area contributed by atoms with Crippen LogP contribution in [0.1, 0.15) is 46.4 Å². The molecule has 9 heteroatoms. The lowest BCUT2D eigenvalue weighted by Crippen LogP contribution is -2.24. The van der Waals surface area contributed by atoms with Gasteiger partial charge in [-0.25, -0.2) is 0 Å². The standard InChI is InChI=1S/C11H13NO3.C7H5ClO.C4H9NO2/c13-10(14)7-4-8-12-11(15)9-5-2-1-3-6-9;8-7(9)6-4-2-1-3-5-6;5-3-1-2-4(6)7/h1-3,5-6H,4,7-8H2,(H,12,15)(H,13,14);1-5H;1-3,5H2,(H,6,7). The first-order chi connectivity index (χ1) is 14.8. The first kappa shape index (κ1) is 27.8. The Balaban J connectivity index is 0.000000479. The molecule has 0 saturated carbocycles. The minimum atomic E-state index is -0.844. The summed E-state index contributed by atoms with van der Waals surface area (Å²) in [7, 11) is 0. The van der Waals surface area contributed by atoms with E-state index in [1.54, 1.807) is 48.5 Å². The Kier molecular flexibility index (Phi) is 15.8. The zero-order chi connectivity index (χ0) is 23.5. The number of carboxylic acid groups (broad SMARTS) is 2. The molecule has 0 aliphatic heterocycles. The third-order valence-electron chi connectivity index (χ3n) is 3.48. The van der Waals surface area contributed by atoms with E-state index in [9.17, 15) is 19.2 Å². The summed E-state index contributed by atoms with van der Waals surface area (Å²) in [6, 6.07) is 17.6. The lowest BCUT2D eigenvalue weighted by atomic mass is 10.2. The van der Waals surface area contributed by atoms with Crippen LogP contribution in [-0.2, 0) is 9.59 Å². The number of carboxylic acids is 2. The minimum Gasteiger partial charge on any atom is -0.481 e. The number of hydrogen-bond acceptors (Lipinski definition) is 5. The van der Waals surface area contributed by atoms with Gasteiger partial charge in [-0.1, -0.05) is 48.5 Å². The van der Waals surface area contributed by atoms with Crippen molar-refractivity contribution in [2.75, 3.05) is 13.1 Å². The van der Waals surface area contributed by atoms with Crippen LogP contribution in [0.3, 0.4) is 0 Å². The number of rotatable bonds is 9. The number of aliphatic carboxylic acids is 2. The number of carbonyl (C=O) groups is 4. The molecule has 1 amide bonds. The lowest BCUT2D eigenvalue weighted by molar-refractivity contribution is -0.138. The van der Waals surface area contributed by atoms with E-state index in [2.05, 4.69) is 5.32 Å². The number of nitrogens with one attached hydrogen (secondary N) is 1. The molecule has 168 valence electrons. The molecule has 0 radical (unpaired) electrons. The molecule has 0 aliphatic carbocycles. The molecule has 8 nitrogen and oxygen atoms in total. The van der Waals surface area contributed by atoms with Crippen LogP contribution >= 0.6 is 11.6 Å². The Morgan fingerprint density at radius 1 is 0.774 bits per heavy atom. The van der Waals surface area contributed by atoms with E-state index in [0.717, 1.165) is 0 Å². The number of benzene rings is 2. The SMILES string of the molecule is NCCCC(=O)O.O=C(Cl)c1ccccc1.O=C(O)CCCNC(=O)c1ccccc1. The van der Waals surface area contributed by atoms with Gasteiger partial charge in [-0.05, 0) is 43.1 Å². The molecule has 0 fully saturated rings. The van der Waals surface area contributed by atoms with Crippen molar-refractivity contribution < 1.29 is 29.4 Å². The van der Waals surface area contributed by atoms with Crippen LogP contribution in [-0.4, -0.2) is 46.4 Å². The molecule has 2 aromatic carbocycles. The summed E-state index contributed by atoms with van der Waals surface area (Å²) in [6.45, 7) is 0.853. The van der Waals surface area contributed by atoms with Crippen LogP contribution in [0.5, 0.6) is 0 Å². The molecule has 0 saturated heterocycles. The average Bonchev–Trinajstić information content (AvgIpc) is 2.77. The van der Waals surface area contributed by atoms with Gasteiger partial charge in [0, 0.05) is 30.5 Å². The zero-order valence-corrected chi connectivity index (χ0v) is 17.8. The van der Waals surface area contributed by atoms with Crippen LogP contribution in [0, 0.1) is 0 Å². The van der Waals surface area contributed by atoms with Gasteiger partial charge in [-0.15, -0.1) is 0 Å². The Morgan fingerprint density at radius 3 is 1.58 bits per heavy atom. The molecule has 2 rings (SSSR count). The Hall–Kier alpha value is -3.23. The molecule has 0 unspecified atom stereocenters. The highest BCUT2D eigenvalue weighted by Crippen LogP contribution is 2.01. The molecule has 0 heterocycles. The summed E-state index contributed by atoms with van der Waals surface area (Å²) >= 11 is 5.16. The summed E-state index contributed by atoms with van der Waals surface area (Å²) in [5.41, 5.74) is 6.14. The normalized spacial score (nSPS) is 9.23. The first-order valence-corrected chi connectivity index (χ1v) is 9.87. The first-order valence-electron chi connectivity index (χ1n) is 9.49. The lowest BCUT2D eigenvalue weighted by Gasteiger charge is -2.03. The second-order valence-electron chi connectivity index (χ2n) is 6.04. The van der Waals surface area contributed by atoms with Crippen LogP contribution in [0.25, 0.3) is 0 Å². The van der Waals surface area contributed by atoms with Gasteiger partial charge in [-0.2, -0.15) is 0 Å². The Bertz CT molecular complexity index is 800. The van der Waals surface area contributed by atoms with Crippen molar-refractivity contribution in [3.05, 3.63) is 71.8 Å². The molecule has 0 spiro atoms. The summed E-state index contributed by atoms with van der Waals surface area (Å²) in [4.78, 5) is 41.7. The fourth-order valence-corrected chi connectivity index (χ4v) is 2.08. The van der Waals surface area contributed by atoms with Crippen molar-refractivity contribution in [2.45, 2.75) is 25.7 Å². The fraction of sp³-hybridized carbons (Fsp3) is 0.273. The summed E-state index contributed by atoms with van der Waals surface area (Å²) < 4.78 is 0. The largest absolute Gasteiger partial charge is 0.481 e. The predicted molar refractivity (Wildman–Crippen MR) is 118 cm³/mol. The highest BCUT2D eigenvalue weighted by molar-refractivity contribution is 6.67. The summed E-state index contributed by atoms with van der Waals surface area (Å²) in [5, 5.41) is 18.6. The van der Waals surface area contributed by atoms with E-state index >= 15 is 0 Å². The van der Waals surface area contributed by atoms with Gasteiger partial charge in [0.1, 0.15) is 0 Å². The van der Waals surface area contributed by atoms with Gasteiger partial charge in [0.25, 0.3) is 11.1 Å². The van der Waals surface area contributed by atoms with Crippen molar-refractivity contribution in [2.24, 2.45) is 5.73 Å². The third kappa shape index (κ3) is 16.3. The van der Waals surface area contributed by atoms with Crippen molar-refractivity contribution in [1.29, 1.82) is 0 Å². The van der Waals surface area contributed by atoms with Crippen molar-refractivity contribution in [1.82, 2.24) is 5.32 Å². The van der Waals surface area contributed by atoms with Gasteiger partial charge < -0.3 is 21.3 Å². The molecule has 0 bridgehead atoms. The number of nitrogens with two attached hydrogens (primary N) is 1. The zero-order valence-electron chi connectivity index (χ0n) is 17.0. The van der Waals surface area contributed by atoms with Gasteiger partial charge in [0.05, 0.1) is 0 Å². The van der Waals surface area contributed by atoms with Gasteiger partial charge in [0.15, 0.2) is 0 Å². The van der Waals surface area contributed by atoms with Crippen molar-refractivity contribution in [3.63, 3.8) is 0 Å². The second kappa shape index (κ2) is 17.6. The Labute approximate surface area is 186 Å². The molecule has 0 aromatic heterocycles. The van der Waals surface area contributed by atoms with E-state index in [4.69, 9.17) is 27.5 Å². The number of carbonyl (C=O) groups excluding carboxylic acids is 2. The molecular formula is C22H27ClN2O6. The maximum absolute atomic E-state index is 11.4. The second-order valence-corrected chi connectivity index (χ2v) is 6.39. The molecule has 2 aromatic rings. The minimum absolute atomic E-state index is 0.0784. The third-order valence-corrected chi connectivity index (χ3v) is 3.70. The van der Waals surface area contributed by atoms with Gasteiger partial charge in [0.2, 0.25) is 0 Å². The van der Waals surface area contributed by atoms with E-state index in [-0.39, 0.29) is 18.7 Å². The van der Waals surface area contributed by atoms with Crippen LogP contribution in [0.2, 0.25) is 0 Å². The van der Waals surface area contributed by atoms with Crippen molar-refractivity contribution >= 4 is 34.7 Å². The monoisotopic (exact) mass is 450 g/mol. The van der Waals surface area contributed by atoms with E-state index in [0.29, 0.717) is 37.1 Å². The van der Waals surface area contributed by atoms with E-state index < -0.39 is 17.2 Å². The van der Waals surface area contributed by atoms with E-state index in [1.165, 1.54) is 0 Å². The smallest absolute Gasteiger partial charge is 0.303 e. The predicted octanol–water partition coefficient (Wildman–Crippen LogP) is 3.16. The maximum Gasteiger partial charge on any atom is 0.303 e. The quantitative estimate of drug-likeness (QED) is 0.339. The molecule has 5 N–H and O–H groups in total. The average molecular weight is 451 g/mol.